The first kappa shape index (κ1) is 64.6. The third kappa shape index (κ3) is 14.7. The molecule has 8 aromatic carbocycles. The van der Waals surface area contributed by atoms with E-state index in [0.717, 1.165) is 52.6 Å². The quantitative estimate of drug-likeness (QED) is 0.0230. The minimum atomic E-state index is -5.22. The summed E-state index contributed by atoms with van der Waals surface area (Å²) in [6.07, 6.45) is 0. The number of anilines is 2. The van der Waals surface area contributed by atoms with E-state index in [-0.39, 0.29) is 185 Å². The number of benzene rings is 8. The van der Waals surface area contributed by atoms with Crippen LogP contribution in [0.2, 0.25) is 0 Å². The molecule has 0 fully saturated rings. The van der Waals surface area contributed by atoms with Crippen LogP contribution in [0.15, 0.2) is 177 Å². The van der Waals surface area contributed by atoms with E-state index >= 15 is 0 Å². The van der Waals surface area contributed by atoms with Gasteiger partial charge in [-0.1, -0.05) is 36.4 Å². The third-order valence-corrected chi connectivity index (χ3v) is 13.6. The van der Waals surface area contributed by atoms with Gasteiger partial charge < -0.3 is 26.8 Å². The van der Waals surface area contributed by atoms with E-state index in [4.69, 9.17) is 11.5 Å². The molecule has 0 aliphatic rings. The number of rotatable bonds is 13. The summed E-state index contributed by atoms with van der Waals surface area (Å²) in [5, 5.41) is 62.9. The predicted molar refractivity (Wildman–Crippen MR) is 290 cm³/mol. The molecule has 0 spiro atoms. The second-order valence-electron chi connectivity index (χ2n) is 15.9. The Labute approximate surface area is 527 Å². The number of carboxylic acids is 1. The maximum Gasteiger partial charge on any atom is 0.339 e. The van der Waals surface area contributed by atoms with Crippen LogP contribution in [-0.2, 0) is 30.4 Å². The Morgan fingerprint density at radius 1 is 0.455 bits per heavy atom. The number of aromatic hydroxyl groups is 2. The van der Waals surface area contributed by atoms with Gasteiger partial charge in [-0.3, -0.25) is 13.7 Å². The van der Waals surface area contributed by atoms with Crippen molar-refractivity contribution in [1.29, 1.82) is 0 Å². The predicted octanol–water partition coefficient (Wildman–Crippen LogP) is 10.4. The Kier molecular flexibility index (Phi) is 21.7. The molecule has 8 rings (SSSR count). The van der Waals surface area contributed by atoms with E-state index < -0.39 is 68.1 Å². The molecule has 0 heterocycles. The second-order valence-corrected chi connectivity index (χ2v) is 20.1. The van der Waals surface area contributed by atoms with E-state index in [2.05, 4.69) is 40.9 Å². The molecule has 0 aromatic heterocycles. The van der Waals surface area contributed by atoms with Crippen LogP contribution in [0.5, 0.6) is 11.5 Å². The van der Waals surface area contributed by atoms with Crippen molar-refractivity contribution in [2.75, 3.05) is 11.5 Å². The summed E-state index contributed by atoms with van der Waals surface area (Å²) in [5.41, 5.74) is 15.3. The molecule has 0 bridgehead atoms. The Balaban J connectivity index is 0.00000320. The molecule has 30 heteroatoms. The summed E-state index contributed by atoms with van der Waals surface area (Å²) in [7, 11) is -15.0. The van der Waals surface area contributed by atoms with Gasteiger partial charge in [0.2, 0.25) is 0 Å². The number of nitrogens with two attached hydrogens (primary N) is 2. The van der Waals surface area contributed by atoms with Crippen LogP contribution in [-0.4, -0.2) is 178 Å². The molecule has 0 unspecified atom stereocenters. The number of nitrogens with zero attached hydrogens (tertiary/aromatic N) is 8. The second kappa shape index (κ2) is 25.9. The minimum Gasteiger partial charge on any atom is -0.507 e. The van der Waals surface area contributed by atoms with Gasteiger partial charge in [-0.15, -0.1) is 20.5 Å². The average molecular weight is 1140 g/mol. The number of aryl methyl sites for hydroxylation is 2. The molecule has 4 radical (unpaired) electrons. The molecular weight excluding hydrogens is 1100 g/mol. The van der Waals surface area contributed by atoms with Crippen LogP contribution in [0, 0.1) is 13.8 Å². The van der Waals surface area contributed by atoms with Gasteiger partial charge in [-0.2, -0.15) is 45.7 Å². The van der Waals surface area contributed by atoms with Gasteiger partial charge >= 0.3 is 5.97 Å². The van der Waals surface area contributed by atoms with Gasteiger partial charge in [0.15, 0.2) is 5.75 Å². The molecule has 77 heavy (non-hydrogen) atoms. The number of nitrogen functional groups attached to an aromatic ring is 2. The number of phenols is 2. The van der Waals surface area contributed by atoms with Crippen LogP contribution in [0.3, 0.4) is 0 Å². The third-order valence-electron chi connectivity index (χ3n) is 11.0. The maximum atomic E-state index is 12.6. The zero-order chi connectivity index (χ0) is 52.7. The molecule has 0 saturated heterocycles. The number of hydrogen-bond donors (Lipinski definition) is 8. The van der Waals surface area contributed by atoms with Gasteiger partial charge in [0.25, 0.3) is 30.4 Å². The standard InChI is InChI=1S/C47H36N10O13S3.4Na/c1-23-15-25(7-10-36(23)52-50-28-9-13-40(58)33(19-28)47(60)61)26-8-11-37(24(2)16-26)53-56-44-34(48)20-29(21-35(44)49)51-55-39-22-32-27(17-42(39)72(65,66)67)18-43(73(68,69)70)45(46(32)59)57-54-38-12-14-41(71(62,63)64)31-6-4-3-5-30(31)38;;;;/h3-22,58-59H,48-49H2,1-2H3,(H,60,61)(H,62,63,64)(H,65,66,67)(H,68,69,70);;;;. The van der Waals surface area contributed by atoms with E-state index in [0.29, 0.717) is 11.4 Å². The monoisotopic (exact) mass is 1140 g/mol. The number of aromatic carboxylic acids is 1. The molecule has 0 atom stereocenters. The zero-order valence-corrected chi connectivity index (χ0v) is 52.0. The van der Waals surface area contributed by atoms with E-state index in [1.807, 2.05) is 38.1 Å². The molecule has 23 nitrogen and oxygen atoms in total. The summed E-state index contributed by atoms with van der Waals surface area (Å²) in [6, 6.07) is 27.9. The molecular formula is C47H36N10Na4O13S3. The smallest absolute Gasteiger partial charge is 0.339 e. The first-order chi connectivity index (χ1) is 34.4. The largest absolute Gasteiger partial charge is 0.507 e. The van der Waals surface area contributed by atoms with Crippen molar-refractivity contribution in [2.45, 2.75) is 28.5 Å². The molecule has 0 saturated carbocycles. The minimum absolute atomic E-state index is 0. The Morgan fingerprint density at radius 2 is 0.935 bits per heavy atom. The van der Waals surface area contributed by atoms with Crippen molar-refractivity contribution in [3.8, 4) is 22.6 Å². The zero-order valence-electron chi connectivity index (χ0n) is 41.5. The van der Waals surface area contributed by atoms with Crippen molar-refractivity contribution in [3.63, 3.8) is 0 Å². The fourth-order valence-electron chi connectivity index (χ4n) is 7.43. The number of phenolic OH excluding ortho intramolecular Hbond substituents is 1. The molecule has 0 aliphatic carbocycles. The Hall–Kier alpha value is -4.92. The fourth-order valence-corrected chi connectivity index (χ4v) is 9.42. The Bertz CT molecular complexity index is 4130. The summed E-state index contributed by atoms with van der Waals surface area (Å²) < 4.78 is 104. The van der Waals surface area contributed by atoms with Crippen LogP contribution in [0.4, 0.5) is 56.9 Å². The Morgan fingerprint density at radius 3 is 1.48 bits per heavy atom. The van der Waals surface area contributed by atoms with Crippen LogP contribution in [0.25, 0.3) is 32.7 Å². The van der Waals surface area contributed by atoms with Crippen molar-refractivity contribution in [3.05, 3.63) is 138 Å². The van der Waals surface area contributed by atoms with Crippen molar-refractivity contribution in [2.24, 2.45) is 40.9 Å². The van der Waals surface area contributed by atoms with Crippen LogP contribution < -0.4 is 11.5 Å². The fraction of sp³-hybridized carbons (Fsp3) is 0.0426. The topological polar surface area (TPSA) is 392 Å². The first-order valence-corrected chi connectivity index (χ1v) is 25.1. The van der Waals surface area contributed by atoms with Crippen LogP contribution in [0.1, 0.15) is 21.5 Å². The van der Waals surface area contributed by atoms with Crippen molar-refractivity contribution >= 4 is 233 Å². The number of carbonyl (C=O) groups is 1. The first-order valence-electron chi connectivity index (χ1n) is 20.8. The summed E-state index contributed by atoms with van der Waals surface area (Å²) >= 11 is 0. The van der Waals surface area contributed by atoms with Gasteiger partial charge in [-0.05, 0) is 126 Å². The molecule has 10 N–H and O–H groups in total. The SMILES string of the molecule is Cc1cc(-c2ccc(N=Nc3c(N)cc(N=Nc4cc5c(O)c(N=Nc6ccc(S(=O)(=O)O)c7ccccc67)c(S(=O)(=O)O)cc5cc4S(=O)(=O)O)cc3N)c(C)c2)ccc1N=Nc1ccc(O)c(C(=O)O)c1.[Na].[Na].[Na].[Na]. The molecule has 0 amide bonds. The molecule has 0 aliphatic heterocycles. The number of hydrogen-bond acceptors (Lipinski definition) is 19. The molecule has 8 aromatic rings. The number of azo groups is 4. The average Bonchev–Trinajstić information content (AvgIpc) is 3.31. The van der Waals surface area contributed by atoms with E-state index in [9.17, 15) is 59.0 Å². The number of fused-ring (bicyclic) bond motifs is 2. The van der Waals surface area contributed by atoms with Gasteiger partial charge in [-0.25, -0.2) is 4.79 Å². The summed E-state index contributed by atoms with van der Waals surface area (Å²) in [6.45, 7) is 3.65. The van der Waals surface area contributed by atoms with Gasteiger partial charge in [0.05, 0.1) is 39.8 Å². The van der Waals surface area contributed by atoms with Crippen molar-refractivity contribution in [1.82, 2.24) is 0 Å². The van der Waals surface area contributed by atoms with Crippen LogP contribution >= 0.6 is 0 Å². The molecule has 374 valence electrons. The summed E-state index contributed by atoms with van der Waals surface area (Å²) in [5.74, 6) is -2.64. The summed E-state index contributed by atoms with van der Waals surface area (Å²) in [4.78, 5) is 8.99. The number of carboxylic acid groups (broad SMARTS) is 1. The van der Waals surface area contributed by atoms with Crippen molar-refractivity contribution < 1.29 is 59.0 Å². The van der Waals surface area contributed by atoms with Gasteiger partial charge in [0.1, 0.15) is 43.1 Å². The normalized spacial score (nSPS) is 12.0. The van der Waals surface area contributed by atoms with Gasteiger partial charge in [0, 0.05) is 134 Å². The maximum absolute atomic E-state index is 12.6. The van der Waals surface area contributed by atoms with E-state index in [1.165, 1.54) is 54.6 Å². The van der Waals surface area contributed by atoms with E-state index in [1.54, 1.807) is 12.1 Å².